The van der Waals surface area contributed by atoms with Crippen molar-refractivity contribution in [3.63, 3.8) is 0 Å². The van der Waals surface area contributed by atoms with Crippen LogP contribution < -0.4 is 0 Å². The van der Waals surface area contributed by atoms with E-state index in [4.69, 9.17) is 0 Å². The van der Waals surface area contributed by atoms with Gasteiger partial charge in [0.2, 0.25) is 0 Å². The van der Waals surface area contributed by atoms with Gasteiger partial charge in [-0.25, -0.2) is 0 Å². The van der Waals surface area contributed by atoms with Gasteiger partial charge in [-0.05, 0) is 30.6 Å². The highest BCUT2D eigenvalue weighted by Crippen LogP contribution is 2.34. The Morgan fingerprint density at radius 1 is 0.789 bits per heavy atom. The molecule has 2 rings (SSSR count). The summed E-state index contributed by atoms with van der Waals surface area (Å²) in [5.41, 5.74) is 0. The molecule has 1 heteroatoms. The third-order valence-corrected chi connectivity index (χ3v) is 5.68. The maximum atomic E-state index is 11.2. The molecule has 110 valence electrons. The van der Waals surface area contributed by atoms with Crippen molar-refractivity contribution in [2.24, 2.45) is 17.8 Å². The third kappa shape index (κ3) is 5.28. The number of carbonyl (C=O) groups is 1. The fourth-order valence-electron chi connectivity index (χ4n) is 4.08. The van der Waals surface area contributed by atoms with Crippen molar-refractivity contribution in [1.82, 2.24) is 0 Å². The topological polar surface area (TPSA) is 17.1 Å². The first kappa shape index (κ1) is 15.1. The van der Waals surface area contributed by atoms with E-state index in [0.717, 1.165) is 30.6 Å². The molecule has 0 atom stereocenters. The zero-order valence-corrected chi connectivity index (χ0v) is 12.8. The molecule has 0 saturated heterocycles. The summed E-state index contributed by atoms with van der Waals surface area (Å²) in [6, 6.07) is 0. The third-order valence-electron chi connectivity index (χ3n) is 5.68. The highest BCUT2D eigenvalue weighted by atomic mass is 16.1. The van der Waals surface area contributed by atoms with Gasteiger partial charge in [0, 0.05) is 12.8 Å². The van der Waals surface area contributed by atoms with Gasteiger partial charge in [-0.2, -0.15) is 0 Å². The van der Waals surface area contributed by atoms with Crippen LogP contribution in [-0.2, 0) is 4.79 Å². The lowest BCUT2D eigenvalue weighted by Crippen LogP contribution is -2.15. The van der Waals surface area contributed by atoms with Gasteiger partial charge < -0.3 is 0 Å². The second kappa shape index (κ2) is 8.07. The molecule has 0 aromatic carbocycles. The Balaban J connectivity index is 1.49. The van der Waals surface area contributed by atoms with Gasteiger partial charge in [0.05, 0.1) is 0 Å². The Labute approximate surface area is 119 Å². The Hall–Kier alpha value is -0.330. The van der Waals surface area contributed by atoms with E-state index in [1.165, 1.54) is 70.6 Å². The molecule has 0 aromatic heterocycles. The van der Waals surface area contributed by atoms with Crippen molar-refractivity contribution in [1.29, 1.82) is 0 Å². The fourth-order valence-corrected chi connectivity index (χ4v) is 4.08. The number of hydrogen-bond donors (Lipinski definition) is 0. The zero-order chi connectivity index (χ0) is 13.5. The van der Waals surface area contributed by atoms with Gasteiger partial charge >= 0.3 is 0 Å². The number of rotatable bonds is 6. The van der Waals surface area contributed by atoms with Gasteiger partial charge in [0.25, 0.3) is 0 Å². The molecule has 19 heavy (non-hydrogen) atoms. The van der Waals surface area contributed by atoms with Crippen molar-refractivity contribution >= 4 is 5.78 Å². The van der Waals surface area contributed by atoms with E-state index in [2.05, 4.69) is 6.92 Å². The van der Waals surface area contributed by atoms with Gasteiger partial charge in [0.15, 0.2) is 0 Å². The van der Waals surface area contributed by atoms with E-state index < -0.39 is 0 Å². The van der Waals surface area contributed by atoms with Crippen LogP contribution in [0.4, 0.5) is 0 Å². The van der Waals surface area contributed by atoms with Gasteiger partial charge in [-0.1, -0.05) is 64.7 Å². The number of unbranched alkanes of at least 4 members (excludes halogenated alkanes) is 1. The molecular weight excluding hydrogens is 232 g/mol. The predicted octanol–water partition coefficient (Wildman–Crippen LogP) is 5.52. The summed E-state index contributed by atoms with van der Waals surface area (Å²) in [5, 5.41) is 0. The molecule has 0 bridgehead atoms. The predicted molar refractivity (Wildman–Crippen MR) is 81.2 cm³/mol. The van der Waals surface area contributed by atoms with Crippen molar-refractivity contribution in [3.8, 4) is 0 Å². The van der Waals surface area contributed by atoms with Crippen LogP contribution in [0, 0.1) is 17.8 Å². The van der Waals surface area contributed by atoms with Crippen molar-refractivity contribution < 1.29 is 4.79 Å². The molecule has 2 aliphatic carbocycles. The number of Topliss-reactive ketones (excluding diaryl/α,β-unsaturated/α-hetero) is 1. The van der Waals surface area contributed by atoms with Crippen molar-refractivity contribution in [2.75, 3.05) is 0 Å². The van der Waals surface area contributed by atoms with Crippen LogP contribution in [0.1, 0.15) is 90.4 Å². The fraction of sp³-hybridized carbons (Fsp3) is 0.944. The first-order chi connectivity index (χ1) is 9.28. The molecule has 0 radical (unpaired) electrons. The second-order valence-electron chi connectivity index (χ2n) is 7.06. The molecule has 0 N–H and O–H groups in total. The average Bonchev–Trinajstić information content (AvgIpc) is 2.46. The van der Waals surface area contributed by atoms with Gasteiger partial charge in [-0.15, -0.1) is 0 Å². The summed E-state index contributed by atoms with van der Waals surface area (Å²) in [5.74, 6) is 3.45. The molecular formula is C18H32O. The monoisotopic (exact) mass is 264 g/mol. The second-order valence-corrected chi connectivity index (χ2v) is 7.06. The first-order valence-corrected chi connectivity index (χ1v) is 8.79. The standard InChI is InChI=1S/C18H32O/c1-2-15-7-9-16(10-8-15)5-3-4-6-17-11-13-18(19)14-12-17/h15-17H,2-14H2,1H3. The van der Waals surface area contributed by atoms with Gasteiger partial charge in [0.1, 0.15) is 5.78 Å². The van der Waals surface area contributed by atoms with Crippen LogP contribution in [0.25, 0.3) is 0 Å². The normalized spacial score (nSPS) is 29.6. The smallest absolute Gasteiger partial charge is 0.132 e. The maximum absolute atomic E-state index is 11.2. The van der Waals surface area contributed by atoms with E-state index in [1.54, 1.807) is 0 Å². The first-order valence-electron chi connectivity index (χ1n) is 8.79. The minimum Gasteiger partial charge on any atom is -0.300 e. The summed E-state index contributed by atoms with van der Waals surface area (Å²) in [6.07, 6.45) is 17.2. The summed E-state index contributed by atoms with van der Waals surface area (Å²) in [6.45, 7) is 2.35. The molecule has 1 nitrogen and oxygen atoms in total. The van der Waals surface area contributed by atoms with Crippen LogP contribution in [0.3, 0.4) is 0 Å². The maximum Gasteiger partial charge on any atom is 0.132 e. The Bertz CT molecular complexity index is 253. The molecule has 0 amide bonds. The molecule has 0 spiro atoms. The lowest BCUT2D eigenvalue weighted by atomic mass is 9.78. The van der Waals surface area contributed by atoms with E-state index >= 15 is 0 Å². The number of carbonyl (C=O) groups excluding carboxylic acids is 1. The van der Waals surface area contributed by atoms with Crippen LogP contribution >= 0.6 is 0 Å². The Kier molecular flexibility index (Phi) is 6.40. The summed E-state index contributed by atoms with van der Waals surface area (Å²) >= 11 is 0. The minimum atomic E-state index is 0.504. The Morgan fingerprint density at radius 2 is 1.26 bits per heavy atom. The quantitative estimate of drug-likeness (QED) is 0.577. The zero-order valence-electron chi connectivity index (χ0n) is 12.8. The van der Waals surface area contributed by atoms with Crippen molar-refractivity contribution in [2.45, 2.75) is 90.4 Å². The summed E-state index contributed by atoms with van der Waals surface area (Å²) in [4.78, 5) is 11.2. The van der Waals surface area contributed by atoms with Gasteiger partial charge in [-0.3, -0.25) is 4.79 Å². The highest BCUT2D eigenvalue weighted by Gasteiger charge is 2.20. The summed E-state index contributed by atoms with van der Waals surface area (Å²) in [7, 11) is 0. The van der Waals surface area contributed by atoms with E-state index in [-0.39, 0.29) is 0 Å². The largest absolute Gasteiger partial charge is 0.300 e. The van der Waals surface area contributed by atoms with Crippen LogP contribution in [0.5, 0.6) is 0 Å². The highest BCUT2D eigenvalue weighted by molar-refractivity contribution is 5.78. The van der Waals surface area contributed by atoms with Crippen molar-refractivity contribution in [3.05, 3.63) is 0 Å². The molecule has 0 aliphatic heterocycles. The number of ketones is 1. The molecule has 0 aromatic rings. The van der Waals surface area contributed by atoms with E-state index in [1.807, 2.05) is 0 Å². The lowest BCUT2D eigenvalue weighted by Gasteiger charge is -2.28. The summed E-state index contributed by atoms with van der Waals surface area (Å²) < 4.78 is 0. The number of hydrogen-bond acceptors (Lipinski definition) is 1. The Morgan fingerprint density at radius 3 is 1.79 bits per heavy atom. The lowest BCUT2D eigenvalue weighted by molar-refractivity contribution is -0.121. The SMILES string of the molecule is CCC1CCC(CCCCC2CCC(=O)CC2)CC1. The van der Waals surface area contributed by atoms with E-state index in [9.17, 15) is 4.79 Å². The van der Waals surface area contributed by atoms with Crippen LogP contribution in [-0.4, -0.2) is 5.78 Å². The van der Waals surface area contributed by atoms with Crippen LogP contribution in [0.15, 0.2) is 0 Å². The van der Waals surface area contributed by atoms with E-state index in [0.29, 0.717) is 5.78 Å². The molecule has 0 unspecified atom stereocenters. The molecule has 2 saturated carbocycles. The molecule has 2 fully saturated rings. The molecule has 2 aliphatic rings. The van der Waals surface area contributed by atoms with Crippen LogP contribution in [0.2, 0.25) is 0 Å². The minimum absolute atomic E-state index is 0.504. The molecule has 0 heterocycles. The average molecular weight is 264 g/mol.